The molecule has 0 atom stereocenters. The maximum absolute atomic E-state index is 13.4. The lowest BCUT2D eigenvalue weighted by atomic mass is 10.0. The van der Waals surface area contributed by atoms with Gasteiger partial charge in [-0.25, -0.2) is 19.6 Å². The van der Waals surface area contributed by atoms with Gasteiger partial charge < -0.3 is 5.32 Å². The fourth-order valence-electron chi connectivity index (χ4n) is 3.78. The summed E-state index contributed by atoms with van der Waals surface area (Å²) in [6.07, 6.45) is 4.93. The highest BCUT2D eigenvalue weighted by Gasteiger charge is 2.19. The highest BCUT2D eigenvalue weighted by molar-refractivity contribution is 6.12. The number of carbonyl (C=O) groups is 1. The number of benzene rings is 2. The minimum atomic E-state index is -0.264. The van der Waals surface area contributed by atoms with Gasteiger partial charge >= 0.3 is 0 Å². The van der Waals surface area contributed by atoms with E-state index in [0.29, 0.717) is 28.1 Å². The first-order valence-electron chi connectivity index (χ1n) is 11.1. The van der Waals surface area contributed by atoms with Crippen LogP contribution < -0.4 is 5.32 Å². The molecule has 0 saturated heterocycles. The minimum Gasteiger partial charge on any atom is -0.319 e. The molecular formula is C27H24N6O. The van der Waals surface area contributed by atoms with Crippen molar-refractivity contribution >= 4 is 22.6 Å². The average Bonchev–Trinajstić information content (AvgIpc) is 3.29. The molecule has 1 N–H and O–H groups in total. The van der Waals surface area contributed by atoms with E-state index in [2.05, 4.69) is 20.4 Å². The fraction of sp³-hybridized carbons (Fsp3) is 0.148. The number of rotatable bonds is 5. The van der Waals surface area contributed by atoms with E-state index < -0.39 is 0 Å². The topological polar surface area (TPSA) is 85.6 Å². The second-order valence-electron chi connectivity index (χ2n) is 8.46. The number of aromatic nitrogens is 5. The molecule has 0 fully saturated rings. The molecular weight excluding hydrogens is 424 g/mol. The van der Waals surface area contributed by atoms with Gasteiger partial charge in [0.15, 0.2) is 11.5 Å². The number of pyridine rings is 1. The molecule has 5 rings (SSSR count). The Labute approximate surface area is 197 Å². The molecule has 0 aliphatic heterocycles. The van der Waals surface area contributed by atoms with Crippen molar-refractivity contribution in [3.05, 3.63) is 90.4 Å². The predicted molar refractivity (Wildman–Crippen MR) is 134 cm³/mol. The van der Waals surface area contributed by atoms with Crippen LogP contribution in [0.5, 0.6) is 0 Å². The predicted octanol–water partition coefficient (Wildman–Crippen LogP) is 5.70. The number of nitrogens with zero attached hydrogens (tertiary/aromatic N) is 5. The molecule has 34 heavy (non-hydrogen) atoms. The van der Waals surface area contributed by atoms with Crippen LogP contribution in [0.4, 0.5) is 5.69 Å². The Kier molecular flexibility index (Phi) is 5.59. The largest absolute Gasteiger partial charge is 0.319 e. The van der Waals surface area contributed by atoms with E-state index >= 15 is 0 Å². The number of anilines is 1. The third-order valence-corrected chi connectivity index (χ3v) is 5.59. The Bertz CT molecular complexity index is 1460. The zero-order valence-corrected chi connectivity index (χ0v) is 19.2. The number of carbonyl (C=O) groups excluding carboxylic acids is 1. The van der Waals surface area contributed by atoms with Crippen molar-refractivity contribution in [3.63, 3.8) is 0 Å². The van der Waals surface area contributed by atoms with Crippen LogP contribution in [0.15, 0.2) is 79.3 Å². The maximum Gasteiger partial charge on any atom is 0.256 e. The zero-order valence-electron chi connectivity index (χ0n) is 19.2. The van der Waals surface area contributed by atoms with E-state index in [9.17, 15) is 4.79 Å². The normalized spacial score (nSPS) is 11.2. The van der Waals surface area contributed by atoms with Crippen LogP contribution in [0.1, 0.15) is 35.8 Å². The molecule has 0 spiro atoms. The van der Waals surface area contributed by atoms with Crippen molar-refractivity contribution in [2.45, 2.75) is 26.8 Å². The summed E-state index contributed by atoms with van der Waals surface area (Å²) in [5, 5.41) is 8.11. The van der Waals surface area contributed by atoms with Gasteiger partial charge in [0.2, 0.25) is 0 Å². The molecule has 2 aromatic carbocycles. The second-order valence-corrected chi connectivity index (χ2v) is 8.46. The van der Waals surface area contributed by atoms with E-state index in [1.54, 1.807) is 18.6 Å². The van der Waals surface area contributed by atoms with E-state index in [-0.39, 0.29) is 11.9 Å². The number of fused-ring (bicyclic) bond motifs is 1. The second kappa shape index (κ2) is 8.86. The van der Waals surface area contributed by atoms with E-state index in [1.165, 1.54) is 0 Å². The summed E-state index contributed by atoms with van der Waals surface area (Å²) in [5.41, 5.74) is 5.43. The zero-order chi connectivity index (χ0) is 23.7. The van der Waals surface area contributed by atoms with Gasteiger partial charge in [-0.2, -0.15) is 5.10 Å². The van der Waals surface area contributed by atoms with Gasteiger partial charge in [-0.15, -0.1) is 0 Å². The number of amides is 1. The summed E-state index contributed by atoms with van der Waals surface area (Å²) in [6, 6.07) is 19.7. The smallest absolute Gasteiger partial charge is 0.256 e. The first kappa shape index (κ1) is 21.5. The monoisotopic (exact) mass is 448 g/mol. The Morgan fingerprint density at radius 1 is 0.912 bits per heavy atom. The van der Waals surface area contributed by atoms with Crippen LogP contribution in [-0.4, -0.2) is 30.6 Å². The first-order chi connectivity index (χ1) is 16.5. The fourth-order valence-corrected chi connectivity index (χ4v) is 3.78. The minimum absolute atomic E-state index is 0.105. The summed E-state index contributed by atoms with van der Waals surface area (Å²) in [5.74, 6) is 0.338. The van der Waals surface area contributed by atoms with Crippen LogP contribution >= 0.6 is 0 Å². The molecule has 0 unspecified atom stereocenters. The van der Waals surface area contributed by atoms with E-state index in [1.807, 2.05) is 86.1 Å². The molecule has 168 valence electrons. The maximum atomic E-state index is 13.4. The van der Waals surface area contributed by atoms with Crippen LogP contribution in [-0.2, 0) is 0 Å². The number of hydrogen-bond donors (Lipinski definition) is 1. The Hall–Kier alpha value is -4.39. The summed E-state index contributed by atoms with van der Waals surface area (Å²) in [7, 11) is 0. The Morgan fingerprint density at radius 3 is 2.29 bits per heavy atom. The third-order valence-electron chi connectivity index (χ3n) is 5.59. The van der Waals surface area contributed by atoms with Gasteiger partial charge in [-0.3, -0.25) is 4.79 Å². The molecule has 0 saturated carbocycles. The summed E-state index contributed by atoms with van der Waals surface area (Å²) >= 11 is 0. The lowest BCUT2D eigenvalue weighted by molar-refractivity contribution is 0.102. The molecule has 0 aliphatic carbocycles. The van der Waals surface area contributed by atoms with Gasteiger partial charge in [0, 0.05) is 17.2 Å². The standard InChI is InChI=1S/C27H24N6O/c1-17(2)33-26-23(16-30-33)22(13-24(32-26)19-11-9-18(3)10-12-19)27(34)31-21-14-28-25(29-15-21)20-7-5-4-6-8-20/h4-17H,1-3H3,(H,31,34). The van der Waals surface area contributed by atoms with Crippen LogP contribution in [0, 0.1) is 6.92 Å². The molecule has 1 amide bonds. The molecule has 0 aliphatic rings. The highest BCUT2D eigenvalue weighted by Crippen LogP contribution is 2.27. The van der Waals surface area contributed by atoms with E-state index in [4.69, 9.17) is 4.98 Å². The third kappa shape index (κ3) is 4.15. The van der Waals surface area contributed by atoms with Crippen molar-refractivity contribution in [2.75, 3.05) is 5.32 Å². The summed E-state index contributed by atoms with van der Waals surface area (Å²) in [6.45, 7) is 6.12. The number of nitrogens with one attached hydrogen (secondary N) is 1. The molecule has 0 bridgehead atoms. The Balaban J connectivity index is 1.51. The summed E-state index contributed by atoms with van der Waals surface area (Å²) < 4.78 is 1.83. The molecule has 3 aromatic heterocycles. The van der Waals surface area contributed by atoms with E-state index in [0.717, 1.165) is 22.4 Å². The lowest BCUT2D eigenvalue weighted by Gasteiger charge is -2.11. The van der Waals surface area contributed by atoms with Crippen LogP contribution in [0.3, 0.4) is 0 Å². The van der Waals surface area contributed by atoms with Gasteiger partial charge in [-0.1, -0.05) is 60.2 Å². The van der Waals surface area contributed by atoms with Crippen molar-refractivity contribution in [3.8, 4) is 22.6 Å². The molecule has 7 nitrogen and oxygen atoms in total. The molecule has 7 heteroatoms. The van der Waals surface area contributed by atoms with Crippen LogP contribution in [0.25, 0.3) is 33.7 Å². The van der Waals surface area contributed by atoms with Crippen molar-refractivity contribution in [1.29, 1.82) is 0 Å². The van der Waals surface area contributed by atoms with Gasteiger partial charge in [-0.05, 0) is 26.8 Å². The van der Waals surface area contributed by atoms with Gasteiger partial charge in [0.1, 0.15) is 0 Å². The average molecular weight is 449 g/mol. The number of hydrogen-bond acceptors (Lipinski definition) is 5. The summed E-state index contributed by atoms with van der Waals surface area (Å²) in [4.78, 5) is 27.0. The SMILES string of the molecule is Cc1ccc(-c2cc(C(=O)Nc3cnc(-c4ccccc4)nc3)c3cnn(C(C)C)c3n2)cc1. The molecule has 5 aromatic rings. The van der Waals surface area contributed by atoms with Crippen LogP contribution in [0.2, 0.25) is 0 Å². The highest BCUT2D eigenvalue weighted by atomic mass is 16.1. The molecule has 0 radical (unpaired) electrons. The molecule has 3 heterocycles. The Morgan fingerprint density at radius 2 is 1.62 bits per heavy atom. The van der Waals surface area contributed by atoms with Crippen molar-refractivity contribution in [1.82, 2.24) is 24.7 Å². The lowest BCUT2D eigenvalue weighted by Crippen LogP contribution is -2.14. The van der Waals surface area contributed by atoms with Gasteiger partial charge in [0.25, 0.3) is 5.91 Å². The van der Waals surface area contributed by atoms with Crippen molar-refractivity contribution in [2.24, 2.45) is 0 Å². The van der Waals surface area contributed by atoms with Crippen molar-refractivity contribution < 1.29 is 4.79 Å². The number of aryl methyl sites for hydroxylation is 1. The van der Waals surface area contributed by atoms with Gasteiger partial charge in [0.05, 0.1) is 40.9 Å². The first-order valence-corrected chi connectivity index (χ1v) is 11.1. The quantitative estimate of drug-likeness (QED) is 0.373.